The first-order valence-electron chi connectivity index (χ1n) is 3.63. The minimum atomic E-state index is -0.202. The second kappa shape index (κ2) is 2.44. The van der Waals surface area contributed by atoms with Crippen LogP contribution < -0.4 is 10.9 Å². The minimum Gasteiger partial charge on any atom is -0.363 e. The van der Waals surface area contributed by atoms with Crippen LogP contribution in [-0.4, -0.2) is 22.2 Å². The minimum absolute atomic E-state index is 0.202. The summed E-state index contributed by atoms with van der Waals surface area (Å²) in [4.78, 5) is 21.7. The number of fused-ring (bicyclic) bond motifs is 1. The Bertz CT molecular complexity index is 393. The zero-order chi connectivity index (χ0) is 8.55. The third-order valence-electron chi connectivity index (χ3n) is 1.64. The van der Waals surface area contributed by atoms with Crippen molar-refractivity contribution in [2.45, 2.75) is 6.92 Å². The number of rotatable bonds is 0. The zero-order valence-electron chi connectivity index (χ0n) is 6.59. The normalized spacial score (nSPS) is 14.6. The number of anilines is 1. The molecule has 1 aromatic heterocycles. The van der Waals surface area contributed by atoms with Gasteiger partial charge in [0.25, 0.3) is 5.56 Å². The first kappa shape index (κ1) is 7.02. The molecular formula is C7H8N4O. The van der Waals surface area contributed by atoms with Gasteiger partial charge in [-0.25, -0.2) is 9.98 Å². The van der Waals surface area contributed by atoms with E-state index in [1.165, 1.54) is 6.33 Å². The fourth-order valence-electron chi connectivity index (χ4n) is 1.07. The van der Waals surface area contributed by atoms with Crippen molar-refractivity contribution in [1.29, 1.82) is 0 Å². The van der Waals surface area contributed by atoms with Gasteiger partial charge in [0.15, 0.2) is 11.5 Å². The van der Waals surface area contributed by atoms with E-state index < -0.39 is 0 Å². The molecule has 0 bridgehead atoms. The predicted molar refractivity (Wildman–Crippen MR) is 46.1 cm³/mol. The molecule has 0 radical (unpaired) electrons. The first-order chi connectivity index (χ1) is 5.77. The lowest BCUT2D eigenvalue weighted by Crippen LogP contribution is -2.20. The molecule has 5 heteroatoms. The molecule has 1 aromatic rings. The molecule has 0 amide bonds. The number of aliphatic imine (C=N–C) groups is 1. The number of hydrogen-bond acceptors (Lipinski definition) is 4. The second-order valence-electron chi connectivity index (χ2n) is 2.63. The van der Waals surface area contributed by atoms with Crippen LogP contribution in [0.5, 0.6) is 0 Å². The van der Waals surface area contributed by atoms with Gasteiger partial charge in [-0.15, -0.1) is 0 Å². The average molecular weight is 164 g/mol. The number of aromatic nitrogens is 2. The van der Waals surface area contributed by atoms with Crippen LogP contribution in [0.1, 0.15) is 6.92 Å². The van der Waals surface area contributed by atoms with Gasteiger partial charge in [0.2, 0.25) is 0 Å². The van der Waals surface area contributed by atoms with Crippen molar-refractivity contribution in [3.63, 3.8) is 0 Å². The lowest BCUT2D eigenvalue weighted by Gasteiger charge is -2.12. The maximum absolute atomic E-state index is 11.2. The van der Waals surface area contributed by atoms with Crippen LogP contribution in [-0.2, 0) is 0 Å². The third kappa shape index (κ3) is 0.990. The molecule has 0 fully saturated rings. The maximum atomic E-state index is 11.2. The molecule has 0 saturated heterocycles. The molecule has 0 unspecified atom stereocenters. The van der Waals surface area contributed by atoms with Crippen LogP contribution in [0.4, 0.5) is 11.5 Å². The summed E-state index contributed by atoms with van der Waals surface area (Å²) in [6, 6.07) is 0. The smallest absolute Gasteiger partial charge is 0.278 e. The van der Waals surface area contributed by atoms with Gasteiger partial charge in [-0.3, -0.25) is 4.79 Å². The largest absolute Gasteiger partial charge is 0.363 e. The molecule has 0 saturated carbocycles. The van der Waals surface area contributed by atoms with E-state index in [2.05, 4.69) is 20.3 Å². The molecule has 2 heterocycles. The monoisotopic (exact) mass is 164 g/mol. The number of H-pyrrole nitrogens is 1. The molecule has 62 valence electrons. The molecule has 0 aromatic carbocycles. The van der Waals surface area contributed by atoms with Gasteiger partial charge in [-0.1, -0.05) is 0 Å². The van der Waals surface area contributed by atoms with Gasteiger partial charge < -0.3 is 10.3 Å². The van der Waals surface area contributed by atoms with Crippen molar-refractivity contribution >= 4 is 17.2 Å². The van der Waals surface area contributed by atoms with Crippen molar-refractivity contribution in [3.8, 4) is 0 Å². The summed E-state index contributed by atoms with van der Waals surface area (Å²) in [7, 11) is 0. The fourth-order valence-corrected chi connectivity index (χ4v) is 1.07. The number of hydrogen-bond donors (Lipinski definition) is 2. The molecule has 1 aliphatic rings. The highest BCUT2D eigenvalue weighted by Gasteiger charge is 2.11. The van der Waals surface area contributed by atoms with Gasteiger partial charge >= 0.3 is 0 Å². The third-order valence-corrected chi connectivity index (χ3v) is 1.64. The van der Waals surface area contributed by atoms with Gasteiger partial charge in [0.05, 0.1) is 12.9 Å². The molecule has 5 nitrogen and oxygen atoms in total. The highest BCUT2D eigenvalue weighted by atomic mass is 16.1. The summed E-state index contributed by atoms with van der Waals surface area (Å²) in [6.45, 7) is 2.52. The van der Waals surface area contributed by atoms with E-state index in [1.807, 2.05) is 6.92 Å². The van der Waals surface area contributed by atoms with Crippen molar-refractivity contribution < 1.29 is 0 Å². The standard InChI is InChI=1S/C7H8N4O/c1-4-2-8-6-5(11-4)7(12)10-3-9-6/h3H,2H2,1H3,(H2,8,9,10,12). The van der Waals surface area contributed by atoms with Crippen molar-refractivity contribution in [2.75, 3.05) is 11.9 Å². The maximum Gasteiger partial charge on any atom is 0.278 e. The molecular weight excluding hydrogens is 156 g/mol. The van der Waals surface area contributed by atoms with Gasteiger partial charge in [0, 0.05) is 5.71 Å². The van der Waals surface area contributed by atoms with Gasteiger partial charge in [0.1, 0.15) is 0 Å². The van der Waals surface area contributed by atoms with E-state index in [0.717, 1.165) is 5.71 Å². The van der Waals surface area contributed by atoms with Crippen LogP contribution in [0, 0.1) is 0 Å². The molecule has 12 heavy (non-hydrogen) atoms. The van der Waals surface area contributed by atoms with E-state index in [-0.39, 0.29) is 5.56 Å². The van der Waals surface area contributed by atoms with Crippen LogP contribution in [0.3, 0.4) is 0 Å². The Balaban J connectivity index is 2.67. The Kier molecular flexibility index (Phi) is 1.43. The second-order valence-corrected chi connectivity index (χ2v) is 2.63. The summed E-state index contributed by atoms with van der Waals surface area (Å²) in [5.74, 6) is 0.560. The zero-order valence-corrected chi connectivity index (χ0v) is 6.59. The topological polar surface area (TPSA) is 70.1 Å². The van der Waals surface area contributed by atoms with E-state index >= 15 is 0 Å². The SMILES string of the molecule is CC1=Nc2c(nc[nH]c2=O)NC1. The Morgan fingerprint density at radius 2 is 2.42 bits per heavy atom. The quantitative estimate of drug-likeness (QED) is 0.579. The average Bonchev–Trinajstić information content (AvgIpc) is 2.07. The molecule has 0 atom stereocenters. The van der Waals surface area contributed by atoms with Crippen LogP contribution in [0.2, 0.25) is 0 Å². The molecule has 0 spiro atoms. The predicted octanol–water partition coefficient (Wildman–Crippen LogP) is 0.288. The first-order valence-corrected chi connectivity index (χ1v) is 3.63. The lowest BCUT2D eigenvalue weighted by atomic mass is 10.3. The van der Waals surface area contributed by atoms with Crippen molar-refractivity contribution in [1.82, 2.24) is 9.97 Å². The summed E-state index contributed by atoms with van der Waals surface area (Å²) >= 11 is 0. The Hall–Kier alpha value is -1.65. The van der Waals surface area contributed by atoms with Crippen LogP contribution in [0.15, 0.2) is 16.1 Å². The fraction of sp³-hybridized carbons (Fsp3) is 0.286. The highest BCUT2D eigenvalue weighted by molar-refractivity contribution is 5.92. The summed E-state index contributed by atoms with van der Waals surface area (Å²) in [6.07, 6.45) is 1.37. The molecule has 0 aliphatic carbocycles. The number of aromatic amines is 1. The molecule has 1 aliphatic heterocycles. The molecule has 2 N–H and O–H groups in total. The van der Waals surface area contributed by atoms with Gasteiger partial charge in [-0.05, 0) is 6.92 Å². The summed E-state index contributed by atoms with van der Waals surface area (Å²) in [5.41, 5.74) is 1.06. The summed E-state index contributed by atoms with van der Waals surface area (Å²) < 4.78 is 0. The van der Waals surface area contributed by atoms with Crippen LogP contribution in [0.25, 0.3) is 0 Å². The van der Waals surface area contributed by atoms with E-state index in [9.17, 15) is 4.79 Å². The van der Waals surface area contributed by atoms with Gasteiger partial charge in [-0.2, -0.15) is 0 Å². The van der Waals surface area contributed by atoms with Crippen LogP contribution >= 0.6 is 0 Å². The molecule has 2 rings (SSSR count). The van der Waals surface area contributed by atoms with E-state index in [1.54, 1.807) is 0 Å². The highest BCUT2D eigenvalue weighted by Crippen LogP contribution is 2.18. The Morgan fingerprint density at radius 3 is 3.25 bits per heavy atom. The number of nitrogens with one attached hydrogen (secondary N) is 2. The van der Waals surface area contributed by atoms with Crippen molar-refractivity contribution in [2.24, 2.45) is 4.99 Å². The van der Waals surface area contributed by atoms with E-state index in [0.29, 0.717) is 18.1 Å². The lowest BCUT2D eigenvalue weighted by molar-refractivity contribution is 1.08. The summed E-state index contributed by atoms with van der Waals surface area (Å²) in [5, 5.41) is 2.99. The Labute approximate surface area is 68.6 Å². The number of nitrogens with zero attached hydrogens (tertiary/aromatic N) is 2. The van der Waals surface area contributed by atoms with E-state index in [4.69, 9.17) is 0 Å². The van der Waals surface area contributed by atoms with Crippen molar-refractivity contribution in [3.05, 3.63) is 16.7 Å². The Morgan fingerprint density at radius 1 is 1.58 bits per heavy atom.